The summed E-state index contributed by atoms with van der Waals surface area (Å²) in [7, 11) is 0. The van der Waals surface area contributed by atoms with Crippen molar-refractivity contribution in [1.82, 2.24) is 19.3 Å². The normalized spacial score (nSPS) is 13.5. The number of hydrogen-bond donors (Lipinski definition) is 2. The maximum absolute atomic E-state index is 12.6. The van der Waals surface area contributed by atoms with Crippen LogP contribution in [0.2, 0.25) is 0 Å². The predicted octanol–water partition coefficient (Wildman–Crippen LogP) is 2.98. The van der Waals surface area contributed by atoms with Crippen molar-refractivity contribution < 1.29 is 14.7 Å². The molecule has 0 unspecified atom stereocenters. The van der Waals surface area contributed by atoms with E-state index < -0.39 is 0 Å². The van der Waals surface area contributed by atoms with Crippen LogP contribution in [0.1, 0.15) is 40.9 Å². The summed E-state index contributed by atoms with van der Waals surface area (Å²) in [5.74, 6) is 0.791. The molecule has 1 aliphatic heterocycles. The van der Waals surface area contributed by atoms with E-state index in [4.69, 9.17) is 9.90 Å². The molecular weight excluding hydrogens is 370 g/mol. The molecule has 29 heavy (non-hydrogen) atoms. The third-order valence-corrected chi connectivity index (χ3v) is 4.77. The maximum atomic E-state index is 12.6. The van der Waals surface area contributed by atoms with Crippen LogP contribution >= 0.6 is 0 Å². The molecule has 152 valence electrons. The minimum atomic E-state index is -0.250. The number of pyridine rings is 2. The quantitative estimate of drug-likeness (QED) is 0.659. The van der Waals surface area contributed by atoms with Crippen molar-refractivity contribution in [2.45, 2.75) is 32.7 Å². The van der Waals surface area contributed by atoms with Gasteiger partial charge in [-0.3, -0.25) is 9.59 Å². The summed E-state index contributed by atoms with van der Waals surface area (Å²) in [4.78, 5) is 31.9. The largest absolute Gasteiger partial charge is 0.483 e. The van der Waals surface area contributed by atoms with E-state index in [-0.39, 0.29) is 12.4 Å². The van der Waals surface area contributed by atoms with Gasteiger partial charge < -0.3 is 19.7 Å². The van der Waals surface area contributed by atoms with Gasteiger partial charge in [-0.15, -0.1) is 0 Å². The van der Waals surface area contributed by atoms with Gasteiger partial charge >= 0.3 is 0 Å². The first kappa shape index (κ1) is 20.3. The Morgan fingerprint density at radius 2 is 2.00 bits per heavy atom. The molecule has 2 N–H and O–H groups in total. The predicted molar refractivity (Wildman–Crippen MR) is 110 cm³/mol. The Morgan fingerprint density at radius 3 is 2.76 bits per heavy atom. The van der Waals surface area contributed by atoms with E-state index in [0.29, 0.717) is 17.9 Å². The summed E-state index contributed by atoms with van der Waals surface area (Å²) >= 11 is 0. The summed E-state index contributed by atoms with van der Waals surface area (Å²) in [5, 5.41) is 10.2. The molecule has 8 nitrogen and oxygen atoms in total. The van der Waals surface area contributed by atoms with Crippen molar-refractivity contribution in [1.29, 1.82) is 0 Å². The van der Waals surface area contributed by atoms with Crippen molar-refractivity contribution >= 4 is 23.8 Å². The van der Waals surface area contributed by atoms with E-state index in [2.05, 4.69) is 34.3 Å². The lowest BCUT2D eigenvalue weighted by Crippen LogP contribution is -2.35. The molecule has 1 aliphatic rings. The Labute approximate surface area is 169 Å². The fourth-order valence-electron chi connectivity index (χ4n) is 3.34. The topological polar surface area (TPSA) is 99.8 Å². The monoisotopic (exact) mass is 395 g/mol. The highest BCUT2D eigenvalue weighted by atomic mass is 16.3. The van der Waals surface area contributed by atoms with E-state index in [1.165, 1.54) is 12.0 Å². The molecule has 0 radical (unpaired) electrons. The van der Waals surface area contributed by atoms with Gasteiger partial charge in [0.05, 0.1) is 12.2 Å². The first-order valence-corrected chi connectivity index (χ1v) is 9.62. The highest BCUT2D eigenvalue weighted by Gasteiger charge is 2.18. The van der Waals surface area contributed by atoms with Gasteiger partial charge in [-0.05, 0) is 56.0 Å². The SMILES string of the molecule is Cc1ccn2cc(CNc3cc(C(=O)N4CCCCC4)ccn3)nc2c1.O=CO. The minimum Gasteiger partial charge on any atom is -0.483 e. The Morgan fingerprint density at radius 1 is 1.24 bits per heavy atom. The van der Waals surface area contributed by atoms with Gasteiger partial charge in [0.1, 0.15) is 11.5 Å². The Balaban J connectivity index is 0.000000755. The van der Waals surface area contributed by atoms with Gasteiger partial charge in [-0.1, -0.05) is 0 Å². The molecule has 4 heterocycles. The number of carbonyl (C=O) groups excluding carboxylic acids is 1. The van der Waals surface area contributed by atoms with E-state index in [0.717, 1.165) is 37.3 Å². The zero-order chi connectivity index (χ0) is 20.6. The molecule has 3 aromatic heterocycles. The van der Waals surface area contributed by atoms with Crippen LogP contribution in [0.4, 0.5) is 5.82 Å². The number of carbonyl (C=O) groups is 2. The van der Waals surface area contributed by atoms with Gasteiger partial charge in [0.15, 0.2) is 0 Å². The smallest absolute Gasteiger partial charge is 0.290 e. The second kappa shape index (κ2) is 9.68. The zero-order valence-corrected chi connectivity index (χ0v) is 16.4. The molecule has 3 aromatic rings. The van der Waals surface area contributed by atoms with Crippen LogP contribution in [0.25, 0.3) is 5.65 Å². The number of nitrogens with zero attached hydrogens (tertiary/aromatic N) is 4. The third kappa shape index (κ3) is 5.31. The maximum Gasteiger partial charge on any atom is 0.290 e. The number of carboxylic acid groups (broad SMARTS) is 1. The highest BCUT2D eigenvalue weighted by molar-refractivity contribution is 5.94. The Kier molecular flexibility index (Phi) is 6.78. The summed E-state index contributed by atoms with van der Waals surface area (Å²) in [6.07, 6.45) is 9.10. The first-order valence-electron chi connectivity index (χ1n) is 9.62. The van der Waals surface area contributed by atoms with Crippen molar-refractivity contribution in [3.8, 4) is 0 Å². The number of aryl methyl sites for hydroxylation is 1. The number of imidazole rings is 1. The number of piperidine rings is 1. The number of hydrogen-bond acceptors (Lipinski definition) is 5. The second-order valence-electron chi connectivity index (χ2n) is 6.94. The lowest BCUT2D eigenvalue weighted by molar-refractivity contribution is -0.122. The van der Waals surface area contributed by atoms with E-state index in [1.807, 2.05) is 27.8 Å². The molecule has 4 rings (SSSR count). The second-order valence-corrected chi connectivity index (χ2v) is 6.94. The van der Waals surface area contributed by atoms with E-state index >= 15 is 0 Å². The number of aromatic nitrogens is 3. The molecule has 8 heteroatoms. The molecule has 0 atom stereocenters. The van der Waals surface area contributed by atoms with Crippen molar-refractivity contribution in [3.63, 3.8) is 0 Å². The van der Waals surface area contributed by atoms with Crippen LogP contribution in [-0.4, -0.2) is 49.8 Å². The molecule has 1 amide bonds. The fourth-order valence-corrected chi connectivity index (χ4v) is 3.34. The molecule has 0 spiro atoms. The number of likely N-dealkylation sites (tertiary alicyclic amines) is 1. The number of fused-ring (bicyclic) bond motifs is 1. The highest BCUT2D eigenvalue weighted by Crippen LogP contribution is 2.15. The summed E-state index contributed by atoms with van der Waals surface area (Å²) in [6.45, 7) is 4.08. The molecule has 1 fully saturated rings. The average Bonchev–Trinajstić information content (AvgIpc) is 3.15. The van der Waals surface area contributed by atoms with E-state index in [1.54, 1.807) is 12.3 Å². The third-order valence-electron chi connectivity index (χ3n) is 4.77. The minimum absolute atomic E-state index is 0.0957. The molecular formula is C21H25N5O3. The Bertz CT molecular complexity index is 979. The van der Waals surface area contributed by atoms with Crippen LogP contribution in [0.5, 0.6) is 0 Å². The van der Waals surface area contributed by atoms with Gasteiger partial charge in [0.2, 0.25) is 0 Å². The standard InChI is InChI=1S/C20H23N5O.CH2O2/c1-15-6-10-25-14-17(23-19(25)11-15)13-22-18-12-16(5-7-21-18)20(26)24-8-3-2-4-9-24;2-1-3/h5-7,10-12,14H,2-4,8-9,13H2,1H3,(H,21,22);1H,(H,2,3). The first-order chi connectivity index (χ1) is 14.1. The van der Waals surface area contributed by atoms with Crippen LogP contribution in [-0.2, 0) is 11.3 Å². The fraction of sp³-hybridized carbons (Fsp3) is 0.333. The summed E-state index contributed by atoms with van der Waals surface area (Å²) < 4.78 is 2.01. The van der Waals surface area contributed by atoms with Gasteiger partial charge in [0, 0.05) is 37.2 Å². The molecule has 0 aromatic carbocycles. The molecule has 0 aliphatic carbocycles. The molecule has 0 saturated carbocycles. The van der Waals surface area contributed by atoms with E-state index in [9.17, 15) is 4.79 Å². The van der Waals surface area contributed by atoms with Crippen LogP contribution < -0.4 is 5.32 Å². The molecule has 0 bridgehead atoms. The van der Waals surface area contributed by atoms with Gasteiger partial charge in [0.25, 0.3) is 12.4 Å². The lowest BCUT2D eigenvalue weighted by Gasteiger charge is -2.26. The van der Waals surface area contributed by atoms with Crippen LogP contribution in [0.3, 0.4) is 0 Å². The zero-order valence-electron chi connectivity index (χ0n) is 16.4. The average molecular weight is 395 g/mol. The number of amides is 1. The molecule has 1 saturated heterocycles. The van der Waals surface area contributed by atoms with Crippen molar-refractivity contribution in [2.75, 3.05) is 18.4 Å². The van der Waals surface area contributed by atoms with Crippen molar-refractivity contribution in [3.05, 3.63) is 59.7 Å². The Hall–Kier alpha value is -3.42. The van der Waals surface area contributed by atoms with Crippen LogP contribution in [0, 0.1) is 6.92 Å². The van der Waals surface area contributed by atoms with Crippen molar-refractivity contribution in [2.24, 2.45) is 0 Å². The number of rotatable bonds is 4. The number of nitrogens with one attached hydrogen (secondary N) is 1. The number of anilines is 1. The van der Waals surface area contributed by atoms with Gasteiger partial charge in [-0.2, -0.15) is 0 Å². The van der Waals surface area contributed by atoms with Gasteiger partial charge in [-0.25, -0.2) is 9.97 Å². The lowest BCUT2D eigenvalue weighted by atomic mass is 10.1. The van der Waals surface area contributed by atoms with Crippen LogP contribution in [0.15, 0.2) is 42.9 Å². The summed E-state index contributed by atoms with van der Waals surface area (Å²) in [5.41, 5.74) is 3.75. The summed E-state index contributed by atoms with van der Waals surface area (Å²) in [6, 6.07) is 7.73.